The van der Waals surface area contributed by atoms with Crippen LogP contribution in [0.3, 0.4) is 0 Å². The van der Waals surface area contributed by atoms with Crippen LogP contribution in [-0.4, -0.2) is 47.9 Å². The Balaban J connectivity index is 1.85. The highest BCUT2D eigenvalue weighted by Crippen LogP contribution is 2.17. The fourth-order valence-corrected chi connectivity index (χ4v) is 2.39. The molecule has 0 spiro atoms. The van der Waals surface area contributed by atoms with Crippen molar-refractivity contribution >= 4 is 22.7 Å². The zero-order valence-corrected chi connectivity index (χ0v) is 12.9. The molecule has 6 heteroatoms. The predicted octanol–water partition coefficient (Wildman–Crippen LogP) is 0.632. The number of nitrogens with two attached hydrogens (primary N) is 1. The topological polar surface area (TPSA) is 91.2 Å². The minimum absolute atomic E-state index is 0.0665. The Morgan fingerprint density at radius 2 is 2.09 bits per heavy atom. The van der Waals surface area contributed by atoms with Crippen molar-refractivity contribution in [2.24, 2.45) is 5.73 Å². The summed E-state index contributed by atoms with van der Waals surface area (Å²) in [5.74, 6) is -0.551. The number of para-hydroxylation sites is 1. The molecule has 0 radical (unpaired) electrons. The summed E-state index contributed by atoms with van der Waals surface area (Å²) in [6.07, 6.45) is 2.72. The first kappa shape index (κ1) is 16.0. The van der Waals surface area contributed by atoms with E-state index in [-0.39, 0.29) is 12.5 Å². The summed E-state index contributed by atoms with van der Waals surface area (Å²) >= 11 is 0. The second-order valence-electron chi connectivity index (χ2n) is 5.46. The number of primary amides is 1. The summed E-state index contributed by atoms with van der Waals surface area (Å²) in [7, 11) is 1.70. The number of aromatic nitrogens is 1. The van der Waals surface area contributed by atoms with Gasteiger partial charge in [0.1, 0.15) is 0 Å². The maximum atomic E-state index is 12.0. The molecule has 0 saturated carbocycles. The van der Waals surface area contributed by atoms with E-state index in [1.807, 2.05) is 24.4 Å². The van der Waals surface area contributed by atoms with Crippen molar-refractivity contribution in [1.29, 1.82) is 0 Å². The summed E-state index contributed by atoms with van der Waals surface area (Å²) in [5.41, 5.74) is 7.40. The number of likely N-dealkylation sites (N-methyl/N-ethyl adjacent to an activating group) is 1. The van der Waals surface area contributed by atoms with E-state index in [2.05, 4.69) is 16.4 Å². The van der Waals surface area contributed by atoms with Crippen LogP contribution in [0.25, 0.3) is 10.9 Å². The Morgan fingerprint density at radius 1 is 1.36 bits per heavy atom. The van der Waals surface area contributed by atoms with Gasteiger partial charge in [-0.05, 0) is 32.0 Å². The van der Waals surface area contributed by atoms with E-state index in [9.17, 15) is 9.59 Å². The fraction of sp³-hybridized carbons (Fsp3) is 0.375. The number of H-pyrrole nitrogens is 1. The smallest absolute Gasteiger partial charge is 0.237 e. The molecule has 22 heavy (non-hydrogen) atoms. The molecule has 1 unspecified atom stereocenters. The lowest BCUT2D eigenvalue weighted by atomic mass is 10.1. The number of hydrogen-bond donors (Lipinski definition) is 3. The van der Waals surface area contributed by atoms with Gasteiger partial charge < -0.3 is 16.0 Å². The van der Waals surface area contributed by atoms with Crippen LogP contribution in [0.15, 0.2) is 30.5 Å². The highest BCUT2D eigenvalue weighted by Gasteiger charge is 2.18. The maximum absolute atomic E-state index is 12.0. The molecule has 2 aromatic rings. The van der Waals surface area contributed by atoms with Crippen molar-refractivity contribution in [1.82, 2.24) is 15.2 Å². The Kier molecular flexibility index (Phi) is 5.16. The maximum Gasteiger partial charge on any atom is 0.237 e. The highest BCUT2D eigenvalue weighted by atomic mass is 16.2. The predicted molar refractivity (Wildman–Crippen MR) is 86.3 cm³/mol. The first-order valence-electron chi connectivity index (χ1n) is 7.30. The quantitative estimate of drug-likeness (QED) is 0.700. The molecule has 2 amide bonds. The highest BCUT2D eigenvalue weighted by molar-refractivity contribution is 5.84. The van der Waals surface area contributed by atoms with Crippen LogP contribution in [0.2, 0.25) is 0 Å². The number of benzene rings is 1. The molecule has 2 rings (SSSR count). The minimum atomic E-state index is -0.444. The fourth-order valence-electron chi connectivity index (χ4n) is 2.39. The lowest BCUT2D eigenvalue weighted by molar-refractivity contribution is -0.126. The SMILES string of the molecule is CC(C(=O)NCCc1c[nH]c2ccccc12)N(C)CC(N)=O. The Hall–Kier alpha value is -2.34. The van der Waals surface area contributed by atoms with E-state index >= 15 is 0 Å². The van der Waals surface area contributed by atoms with Crippen molar-refractivity contribution in [3.05, 3.63) is 36.0 Å². The number of rotatable bonds is 7. The first-order chi connectivity index (χ1) is 10.5. The zero-order valence-electron chi connectivity index (χ0n) is 12.9. The van der Waals surface area contributed by atoms with E-state index in [0.29, 0.717) is 6.54 Å². The molecule has 1 aromatic carbocycles. The number of hydrogen-bond acceptors (Lipinski definition) is 3. The number of amides is 2. The molecule has 1 aromatic heterocycles. The second kappa shape index (κ2) is 7.09. The molecular weight excluding hydrogens is 280 g/mol. The Labute approximate surface area is 129 Å². The van der Waals surface area contributed by atoms with Crippen LogP contribution >= 0.6 is 0 Å². The average Bonchev–Trinajstić information content (AvgIpc) is 2.89. The lowest BCUT2D eigenvalue weighted by Gasteiger charge is -2.22. The minimum Gasteiger partial charge on any atom is -0.369 e. The van der Waals surface area contributed by atoms with Gasteiger partial charge in [0.15, 0.2) is 0 Å². The van der Waals surface area contributed by atoms with Crippen molar-refractivity contribution in [3.63, 3.8) is 0 Å². The third-order valence-electron chi connectivity index (χ3n) is 3.81. The average molecular weight is 302 g/mol. The van der Waals surface area contributed by atoms with E-state index in [1.54, 1.807) is 18.9 Å². The molecule has 0 bridgehead atoms. The van der Waals surface area contributed by atoms with E-state index in [1.165, 1.54) is 10.9 Å². The third kappa shape index (κ3) is 3.85. The van der Waals surface area contributed by atoms with Gasteiger partial charge in [0, 0.05) is 23.6 Å². The molecule has 0 aliphatic heterocycles. The summed E-state index contributed by atoms with van der Waals surface area (Å²) in [6.45, 7) is 2.37. The van der Waals surface area contributed by atoms with Crippen LogP contribution in [0.1, 0.15) is 12.5 Å². The van der Waals surface area contributed by atoms with Gasteiger partial charge in [0.25, 0.3) is 0 Å². The number of nitrogens with one attached hydrogen (secondary N) is 2. The molecule has 1 atom stereocenters. The van der Waals surface area contributed by atoms with Crippen molar-refractivity contribution in [2.75, 3.05) is 20.1 Å². The lowest BCUT2D eigenvalue weighted by Crippen LogP contribution is -2.46. The monoisotopic (exact) mass is 302 g/mol. The zero-order chi connectivity index (χ0) is 16.1. The molecule has 1 heterocycles. The molecule has 118 valence electrons. The number of aromatic amines is 1. The van der Waals surface area contributed by atoms with Gasteiger partial charge in [-0.2, -0.15) is 0 Å². The van der Waals surface area contributed by atoms with Crippen molar-refractivity contribution < 1.29 is 9.59 Å². The van der Waals surface area contributed by atoms with Crippen LogP contribution < -0.4 is 11.1 Å². The molecule has 0 fully saturated rings. The van der Waals surface area contributed by atoms with Crippen LogP contribution in [0.5, 0.6) is 0 Å². The number of carbonyl (C=O) groups excluding carboxylic acids is 2. The molecular formula is C16H22N4O2. The standard InChI is InChI=1S/C16H22N4O2/c1-11(20(2)10-15(17)21)16(22)18-8-7-12-9-19-14-6-4-3-5-13(12)14/h3-6,9,11,19H,7-8,10H2,1-2H3,(H2,17,21)(H,18,22). The van der Waals surface area contributed by atoms with E-state index < -0.39 is 11.9 Å². The first-order valence-corrected chi connectivity index (χ1v) is 7.30. The largest absolute Gasteiger partial charge is 0.369 e. The van der Waals surface area contributed by atoms with E-state index in [0.717, 1.165) is 11.9 Å². The molecule has 6 nitrogen and oxygen atoms in total. The van der Waals surface area contributed by atoms with Crippen molar-refractivity contribution in [3.8, 4) is 0 Å². The van der Waals surface area contributed by atoms with Crippen LogP contribution in [-0.2, 0) is 16.0 Å². The van der Waals surface area contributed by atoms with E-state index in [4.69, 9.17) is 5.73 Å². The Bertz CT molecular complexity index is 665. The third-order valence-corrected chi connectivity index (χ3v) is 3.81. The summed E-state index contributed by atoms with van der Waals surface area (Å²) in [5, 5.41) is 4.07. The number of nitrogens with zero attached hydrogens (tertiary/aromatic N) is 1. The van der Waals surface area contributed by atoms with Crippen LogP contribution in [0.4, 0.5) is 0 Å². The van der Waals surface area contributed by atoms with Gasteiger partial charge in [-0.3, -0.25) is 14.5 Å². The normalized spacial score (nSPS) is 12.5. The van der Waals surface area contributed by atoms with Gasteiger partial charge in [0.2, 0.25) is 11.8 Å². The van der Waals surface area contributed by atoms with Gasteiger partial charge >= 0.3 is 0 Å². The number of fused-ring (bicyclic) bond motifs is 1. The summed E-state index contributed by atoms with van der Waals surface area (Å²) < 4.78 is 0. The summed E-state index contributed by atoms with van der Waals surface area (Å²) in [6, 6.07) is 7.68. The van der Waals surface area contributed by atoms with Crippen LogP contribution in [0, 0.1) is 0 Å². The summed E-state index contributed by atoms with van der Waals surface area (Å²) in [4.78, 5) is 27.8. The molecule has 0 saturated heterocycles. The van der Waals surface area contributed by atoms with Gasteiger partial charge in [0.05, 0.1) is 12.6 Å². The molecule has 4 N–H and O–H groups in total. The number of carbonyl (C=O) groups is 2. The second-order valence-corrected chi connectivity index (χ2v) is 5.46. The van der Waals surface area contributed by atoms with Gasteiger partial charge in [-0.1, -0.05) is 18.2 Å². The van der Waals surface area contributed by atoms with Gasteiger partial charge in [-0.25, -0.2) is 0 Å². The van der Waals surface area contributed by atoms with Gasteiger partial charge in [-0.15, -0.1) is 0 Å². The Morgan fingerprint density at radius 3 is 2.82 bits per heavy atom. The molecule has 0 aliphatic rings. The molecule has 0 aliphatic carbocycles. The van der Waals surface area contributed by atoms with Crippen molar-refractivity contribution in [2.45, 2.75) is 19.4 Å².